The summed E-state index contributed by atoms with van der Waals surface area (Å²) >= 11 is 1.50. The molecule has 0 fully saturated rings. The van der Waals surface area contributed by atoms with E-state index in [2.05, 4.69) is 25.3 Å². The minimum atomic E-state index is 0.328. The smallest absolute Gasteiger partial charge is 0.220 e. The van der Waals surface area contributed by atoms with E-state index >= 15 is 0 Å². The van der Waals surface area contributed by atoms with Gasteiger partial charge >= 0.3 is 0 Å². The lowest BCUT2D eigenvalue weighted by Crippen LogP contribution is -2.07. The summed E-state index contributed by atoms with van der Waals surface area (Å²) in [4.78, 5) is 17.7. The molecule has 0 saturated heterocycles. The topological polar surface area (TPSA) is 96.6 Å². The fourth-order valence-electron chi connectivity index (χ4n) is 2.53. The summed E-state index contributed by atoms with van der Waals surface area (Å²) in [6.45, 7) is 0.732. The van der Waals surface area contributed by atoms with Crippen LogP contribution in [0.15, 0.2) is 54.3 Å². The van der Waals surface area contributed by atoms with Gasteiger partial charge in [-0.25, -0.2) is 19.9 Å². The number of pyridine rings is 1. The number of nitrogens with zero attached hydrogens (tertiary/aromatic N) is 5. The molecule has 4 rings (SSSR count). The molecule has 0 radical (unpaired) electrons. The molecule has 0 aliphatic carbocycles. The van der Waals surface area contributed by atoms with E-state index in [0.29, 0.717) is 17.3 Å². The van der Waals surface area contributed by atoms with Crippen molar-refractivity contribution in [2.75, 3.05) is 11.9 Å². The van der Waals surface area contributed by atoms with Crippen LogP contribution in [0.4, 0.5) is 5.82 Å². The van der Waals surface area contributed by atoms with Crippen molar-refractivity contribution in [3.63, 3.8) is 0 Å². The Hall–Kier alpha value is -3.57. The average Bonchev–Trinajstić information content (AvgIpc) is 3.19. The van der Waals surface area contributed by atoms with E-state index in [1.807, 2.05) is 30.3 Å². The summed E-state index contributed by atoms with van der Waals surface area (Å²) in [7, 11) is 0. The first-order chi connectivity index (χ1) is 13.3. The largest absolute Gasteiger partial charge is 0.439 e. The fourth-order valence-corrected chi connectivity index (χ4v) is 3.15. The lowest BCUT2D eigenvalue weighted by atomic mass is 10.1. The van der Waals surface area contributed by atoms with Gasteiger partial charge in [0.05, 0.1) is 5.51 Å². The van der Waals surface area contributed by atoms with Gasteiger partial charge in [0.25, 0.3) is 0 Å². The van der Waals surface area contributed by atoms with E-state index in [1.165, 1.54) is 11.3 Å². The van der Waals surface area contributed by atoms with Crippen molar-refractivity contribution >= 4 is 27.5 Å². The van der Waals surface area contributed by atoms with E-state index in [9.17, 15) is 0 Å². The number of benzene rings is 1. The van der Waals surface area contributed by atoms with Crippen LogP contribution in [0.2, 0.25) is 0 Å². The standard InChI is InChI=1S/C19H14N6OS/c20-10-14-2-1-3-16(25-14)26-15-6-4-13(5-7-15)8-9-21-18-17-19(23-11-22-18)27-12-24-17/h1-7,11-12H,8-9H2,(H,21,22,23). The predicted octanol–water partition coefficient (Wildman–Crippen LogP) is 3.80. The molecule has 0 amide bonds. The maximum Gasteiger partial charge on any atom is 0.220 e. The second-order valence-electron chi connectivity index (χ2n) is 5.62. The van der Waals surface area contributed by atoms with Gasteiger partial charge in [0.2, 0.25) is 5.88 Å². The third-order valence-corrected chi connectivity index (χ3v) is 4.56. The number of fused-ring (bicyclic) bond motifs is 1. The first kappa shape index (κ1) is 16.9. The highest BCUT2D eigenvalue weighted by Crippen LogP contribution is 2.22. The second-order valence-corrected chi connectivity index (χ2v) is 6.46. The predicted molar refractivity (Wildman–Crippen MR) is 103 cm³/mol. The third-order valence-electron chi connectivity index (χ3n) is 3.82. The van der Waals surface area contributed by atoms with Crippen LogP contribution in [0.25, 0.3) is 10.3 Å². The minimum absolute atomic E-state index is 0.328. The molecule has 0 aliphatic heterocycles. The van der Waals surface area contributed by atoms with Gasteiger partial charge in [-0.2, -0.15) is 5.26 Å². The number of nitrogens with one attached hydrogen (secondary N) is 1. The number of nitriles is 1. The van der Waals surface area contributed by atoms with Crippen molar-refractivity contribution < 1.29 is 4.74 Å². The van der Waals surface area contributed by atoms with Gasteiger partial charge in [0.15, 0.2) is 5.82 Å². The summed E-state index contributed by atoms with van der Waals surface area (Å²) in [5.41, 5.74) is 4.06. The van der Waals surface area contributed by atoms with E-state index in [4.69, 9.17) is 10.00 Å². The van der Waals surface area contributed by atoms with Crippen LogP contribution >= 0.6 is 11.3 Å². The van der Waals surface area contributed by atoms with Crippen LogP contribution in [-0.2, 0) is 6.42 Å². The van der Waals surface area contributed by atoms with E-state index in [-0.39, 0.29) is 0 Å². The van der Waals surface area contributed by atoms with Crippen LogP contribution in [0.5, 0.6) is 11.6 Å². The minimum Gasteiger partial charge on any atom is -0.439 e. The molecule has 1 aromatic carbocycles. The molecule has 0 bridgehead atoms. The number of hydrogen-bond donors (Lipinski definition) is 1. The Morgan fingerprint density at radius 2 is 1.96 bits per heavy atom. The maximum atomic E-state index is 8.89. The molecular weight excluding hydrogens is 360 g/mol. The summed E-state index contributed by atoms with van der Waals surface area (Å²) < 4.78 is 5.69. The van der Waals surface area contributed by atoms with Crippen LogP contribution < -0.4 is 10.1 Å². The molecule has 0 spiro atoms. The quantitative estimate of drug-likeness (QED) is 0.548. The van der Waals surface area contributed by atoms with Gasteiger partial charge in [-0.15, -0.1) is 11.3 Å². The Morgan fingerprint density at radius 1 is 1.07 bits per heavy atom. The molecule has 0 atom stereocenters. The SMILES string of the molecule is N#Cc1cccc(Oc2ccc(CCNc3ncnc4scnc34)cc2)n1. The van der Waals surface area contributed by atoms with Crippen molar-refractivity contribution in [3.8, 4) is 17.7 Å². The Bertz CT molecular complexity index is 1100. The Kier molecular flexibility index (Phi) is 4.85. The van der Waals surface area contributed by atoms with Crippen molar-refractivity contribution in [3.05, 3.63) is 65.6 Å². The van der Waals surface area contributed by atoms with Crippen LogP contribution in [0.1, 0.15) is 11.3 Å². The van der Waals surface area contributed by atoms with Gasteiger partial charge in [-0.1, -0.05) is 18.2 Å². The molecule has 0 saturated carbocycles. The lowest BCUT2D eigenvalue weighted by molar-refractivity contribution is 0.462. The molecule has 27 heavy (non-hydrogen) atoms. The molecule has 1 N–H and O–H groups in total. The first-order valence-corrected chi connectivity index (χ1v) is 9.12. The second kappa shape index (κ2) is 7.76. The van der Waals surface area contributed by atoms with Gasteiger partial charge in [0, 0.05) is 12.6 Å². The van der Waals surface area contributed by atoms with Crippen LogP contribution in [0.3, 0.4) is 0 Å². The molecular formula is C19H14N6OS. The van der Waals surface area contributed by atoms with Crippen molar-refractivity contribution in [1.82, 2.24) is 19.9 Å². The zero-order valence-corrected chi connectivity index (χ0v) is 15.0. The highest BCUT2D eigenvalue weighted by Gasteiger charge is 2.06. The highest BCUT2D eigenvalue weighted by molar-refractivity contribution is 7.16. The molecule has 4 aromatic rings. The molecule has 0 aliphatic rings. The van der Waals surface area contributed by atoms with Gasteiger partial charge in [-0.05, 0) is 30.2 Å². The van der Waals surface area contributed by atoms with E-state index in [1.54, 1.807) is 30.0 Å². The summed E-state index contributed by atoms with van der Waals surface area (Å²) in [5, 5.41) is 12.2. The summed E-state index contributed by atoms with van der Waals surface area (Å²) in [6.07, 6.45) is 2.38. The van der Waals surface area contributed by atoms with Crippen LogP contribution in [-0.4, -0.2) is 26.5 Å². The van der Waals surface area contributed by atoms with Crippen molar-refractivity contribution in [1.29, 1.82) is 5.26 Å². The maximum absolute atomic E-state index is 8.89. The Labute approximate surface area is 159 Å². The molecule has 8 heteroatoms. The normalized spacial score (nSPS) is 10.5. The average molecular weight is 374 g/mol. The number of thiazole rings is 1. The van der Waals surface area contributed by atoms with E-state index in [0.717, 1.165) is 34.7 Å². The van der Waals surface area contributed by atoms with Crippen LogP contribution in [0, 0.1) is 11.3 Å². The summed E-state index contributed by atoms with van der Waals surface area (Å²) in [6, 6.07) is 14.9. The molecule has 3 aromatic heterocycles. The van der Waals surface area contributed by atoms with Gasteiger partial charge in [0.1, 0.15) is 34.2 Å². The molecule has 7 nitrogen and oxygen atoms in total. The number of aromatic nitrogens is 4. The Balaban J connectivity index is 1.35. The lowest BCUT2D eigenvalue weighted by Gasteiger charge is -2.08. The zero-order chi connectivity index (χ0) is 18.5. The third kappa shape index (κ3) is 3.99. The van der Waals surface area contributed by atoms with Crippen molar-refractivity contribution in [2.45, 2.75) is 6.42 Å². The number of anilines is 1. The number of hydrogen-bond acceptors (Lipinski definition) is 8. The van der Waals surface area contributed by atoms with Gasteiger partial charge in [-0.3, -0.25) is 0 Å². The molecule has 3 heterocycles. The zero-order valence-electron chi connectivity index (χ0n) is 14.2. The highest BCUT2D eigenvalue weighted by atomic mass is 32.1. The summed E-state index contributed by atoms with van der Waals surface area (Å²) in [5.74, 6) is 1.83. The Morgan fingerprint density at radius 3 is 2.81 bits per heavy atom. The molecule has 132 valence electrons. The van der Waals surface area contributed by atoms with E-state index < -0.39 is 0 Å². The number of rotatable bonds is 6. The molecule has 0 unspecified atom stereocenters. The fraction of sp³-hybridized carbons (Fsp3) is 0.105. The van der Waals surface area contributed by atoms with Crippen molar-refractivity contribution in [2.24, 2.45) is 0 Å². The van der Waals surface area contributed by atoms with Gasteiger partial charge < -0.3 is 10.1 Å². The first-order valence-electron chi connectivity index (χ1n) is 8.24. The monoisotopic (exact) mass is 374 g/mol. The number of ether oxygens (including phenoxy) is 1.